The average molecular weight is 281 g/mol. The smallest absolute Gasteiger partial charge is 0.234 e. The van der Waals surface area contributed by atoms with E-state index < -0.39 is 5.82 Å². The van der Waals surface area contributed by atoms with E-state index in [-0.39, 0.29) is 34.9 Å². The second-order valence-corrected chi connectivity index (χ2v) is 4.96. The number of aromatic nitrogens is 2. The second-order valence-electron chi connectivity index (χ2n) is 4.55. The summed E-state index contributed by atoms with van der Waals surface area (Å²) < 4.78 is 18.0. The number of Topliss-reactive ketones (excluding diaryl/α,β-unsaturated/α-hetero) is 1. The van der Waals surface area contributed by atoms with Crippen molar-refractivity contribution in [2.45, 2.75) is 19.3 Å². The summed E-state index contributed by atoms with van der Waals surface area (Å²) in [4.78, 5) is 15.7. The Morgan fingerprint density at radius 1 is 1.47 bits per heavy atom. The Morgan fingerprint density at radius 3 is 2.95 bits per heavy atom. The van der Waals surface area contributed by atoms with Crippen molar-refractivity contribution in [1.82, 2.24) is 10.1 Å². The second kappa shape index (κ2) is 4.74. The minimum atomic E-state index is -0.429. The molecule has 1 aromatic carbocycles. The Balaban J connectivity index is 1.81. The van der Waals surface area contributed by atoms with Crippen LogP contribution in [0.4, 0.5) is 4.39 Å². The number of rotatable bonds is 4. The lowest BCUT2D eigenvalue weighted by atomic mass is 10.2. The number of halogens is 2. The first kappa shape index (κ1) is 12.3. The SMILES string of the molecule is O=C(Cc1nc(-c2ccc(F)cc2Cl)no1)C1CC1. The van der Waals surface area contributed by atoms with E-state index in [0.29, 0.717) is 5.56 Å². The van der Waals surface area contributed by atoms with E-state index in [1.54, 1.807) is 0 Å². The zero-order valence-corrected chi connectivity index (χ0v) is 10.7. The lowest BCUT2D eigenvalue weighted by Crippen LogP contribution is -2.04. The molecule has 0 amide bonds. The molecule has 0 saturated heterocycles. The largest absolute Gasteiger partial charge is 0.338 e. The third-order valence-corrected chi connectivity index (χ3v) is 3.31. The van der Waals surface area contributed by atoms with Crippen molar-refractivity contribution >= 4 is 17.4 Å². The van der Waals surface area contributed by atoms with Gasteiger partial charge in [-0.2, -0.15) is 4.98 Å². The van der Waals surface area contributed by atoms with Crippen LogP contribution in [0.1, 0.15) is 18.7 Å². The molecule has 1 aromatic heterocycles. The zero-order chi connectivity index (χ0) is 13.4. The fourth-order valence-corrected chi connectivity index (χ4v) is 2.06. The van der Waals surface area contributed by atoms with Crippen LogP contribution in [0.25, 0.3) is 11.4 Å². The van der Waals surface area contributed by atoms with E-state index >= 15 is 0 Å². The normalized spacial score (nSPS) is 14.6. The van der Waals surface area contributed by atoms with Crippen molar-refractivity contribution in [3.8, 4) is 11.4 Å². The van der Waals surface area contributed by atoms with Crippen LogP contribution in [0, 0.1) is 11.7 Å². The Labute approximate surface area is 113 Å². The van der Waals surface area contributed by atoms with Crippen molar-refractivity contribution in [3.63, 3.8) is 0 Å². The van der Waals surface area contributed by atoms with Gasteiger partial charge in [-0.15, -0.1) is 0 Å². The molecule has 19 heavy (non-hydrogen) atoms. The van der Waals surface area contributed by atoms with E-state index in [4.69, 9.17) is 16.1 Å². The topological polar surface area (TPSA) is 56.0 Å². The summed E-state index contributed by atoms with van der Waals surface area (Å²) in [5.74, 6) is 0.391. The third kappa shape index (κ3) is 2.66. The molecule has 1 saturated carbocycles. The van der Waals surface area contributed by atoms with Gasteiger partial charge < -0.3 is 4.52 Å². The minimum absolute atomic E-state index is 0.125. The lowest BCUT2D eigenvalue weighted by molar-refractivity contribution is -0.119. The number of ketones is 1. The summed E-state index contributed by atoms with van der Waals surface area (Å²) in [5.41, 5.74) is 0.483. The van der Waals surface area contributed by atoms with Crippen LogP contribution in [-0.2, 0) is 11.2 Å². The maximum atomic E-state index is 12.9. The van der Waals surface area contributed by atoms with Gasteiger partial charge in [0.1, 0.15) is 11.6 Å². The quantitative estimate of drug-likeness (QED) is 0.864. The Morgan fingerprint density at radius 2 is 2.26 bits per heavy atom. The van der Waals surface area contributed by atoms with Gasteiger partial charge in [0, 0.05) is 11.5 Å². The average Bonchev–Trinajstić information content (AvgIpc) is 3.11. The molecule has 1 fully saturated rings. The highest BCUT2D eigenvalue weighted by atomic mass is 35.5. The first-order valence-electron chi connectivity index (χ1n) is 5.94. The molecule has 2 aromatic rings. The van der Waals surface area contributed by atoms with Gasteiger partial charge in [-0.25, -0.2) is 4.39 Å². The summed E-state index contributed by atoms with van der Waals surface area (Å²) in [6.07, 6.45) is 2.05. The van der Waals surface area contributed by atoms with Crippen molar-refractivity contribution in [3.05, 3.63) is 34.9 Å². The molecule has 3 rings (SSSR count). The molecule has 6 heteroatoms. The van der Waals surface area contributed by atoms with E-state index in [9.17, 15) is 9.18 Å². The maximum absolute atomic E-state index is 12.9. The standard InChI is InChI=1S/C13H10ClFN2O2/c14-10-5-8(15)3-4-9(10)13-16-12(19-17-13)6-11(18)7-1-2-7/h3-5,7H,1-2,6H2. The van der Waals surface area contributed by atoms with Crippen LogP contribution < -0.4 is 0 Å². The van der Waals surface area contributed by atoms with Gasteiger partial charge in [-0.1, -0.05) is 16.8 Å². The fourth-order valence-electron chi connectivity index (χ4n) is 1.81. The number of hydrogen-bond donors (Lipinski definition) is 0. The molecule has 0 atom stereocenters. The van der Waals surface area contributed by atoms with Crippen LogP contribution in [0.5, 0.6) is 0 Å². The minimum Gasteiger partial charge on any atom is -0.338 e. The summed E-state index contributed by atoms with van der Waals surface area (Å²) >= 11 is 5.91. The maximum Gasteiger partial charge on any atom is 0.234 e. The van der Waals surface area contributed by atoms with Crippen LogP contribution in [0.2, 0.25) is 5.02 Å². The molecule has 0 N–H and O–H groups in total. The number of carbonyl (C=O) groups is 1. The van der Waals surface area contributed by atoms with E-state index in [0.717, 1.165) is 12.8 Å². The van der Waals surface area contributed by atoms with Crippen molar-refractivity contribution in [1.29, 1.82) is 0 Å². The van der Waals surface area contributed by atoms with Crippen LogP contribution in [0.3, 0.4) is 0 Å². The zero-order valence-electron chi connectivity index (χ0n) is 9.90. The Bertz CT molecular complexity index is 637. The summed E-state index contributed by atoms with van der Waals surface area (Å²) in [6.45, 7) is 0. The Hall–Kier alpha value is -1.75. The fraction of sp³-hybridized carbons (Fsp3) is 0.308. The van der Waals surface area contributed by atoms with Crippen LogP contribution in [-0.4, -0.2) is 15.9 Å². The molecule has 0 radical (unpaired) electrons. The van der Waals surface area contributed by atoms with Gasteiger partial charge in [0.05, 0.1) is 11.4 Å². The predicted octanol–water partition coefficient (Wildman–Crippen LogP) is 3.05. The molecular weight excluding hydrogens is 271 g/mol. The highest BCUT2D eigenvalue weighted by Crippen LogP contribution is 2.31. The van der Waals surface area contributed by atoms with E-state index in [1.165, 1.54) is 18.2 Å². The molecule has 4 nitrogen and oxygen atoms in total. The van der Waals surface area contributed by atoms with Crippen molar-refractivity contribution in [2.75, 3.05) is 0 Å². The molecule has 0 unspecified atom stereocenters. The highest BCUT2D eigenvalue weighted by molar-refractivity contribution is 6.33. The molecule has 0 bridgehead atoms. The number of hydrogen-bond acceptors (Lipinski definition) is 4. The van der Waals surface area contributed by atoms with Crippen molar-refractivity contribution < 1.29 is 13.7 Å². The monoisotopic (exact) mass is 280 g/mol. The lowest BCUT2D eigenvalue weighted by Gasteiger charge is -1.97. The van der Waals surface area contributed by atoms with Gasteiger partial charge in [-0.3, -0.25) is 4.79 Å². The molecule has 1 aliphatic carbocycles. The molecule has 1 heterocycles. The molecule has 0 spiro atoms. The van der Waals surface area contributed by atoms with Gasteiger partial charge in [0.25, 0.3) is 0 Å². The summed E-state index contributed by atoms with van der Waals surface area (Å²) in [7, 11) is 0. The highest BCUT2D eigenvalue weighted by Gasteiger charge is 2.30. The van der Waals surface area contributed by atoms with Gasteiger partial charge >= 0.3 is 0 Å². The van der Waals surface area contributed by atoms with E-state index in [1.807, 2.05) is 0 Å². The molecule has 1 aliphatic rings. The van der Waals surface area contributed by atoms with Crippen LogP contribution >= 0.6 is 11.6 Å². The molecule has 98 valence electrons. The number of carbonyl (C=O) groups excluding carboxylic acids is 1. The number of benzene rings is 1. The molecular formula is C13H10ClFN2O2. The van der Waals surface area contributed by atoms with Gasteiger partial charge in [0.15, 0.2) is 0 Å². The van der Waals surface area contributed by atoms with E-state index in [2.05, 4.69) is 10.1 Å². The van der Waals surface area contributed by atoms with Crippen molar-refractivity contribution in [2.24, 2.45) is 5.92 Å². The van der Waals surface area contributed by atoms with Gasteiger partial charge in [-0.05, 0) is 31.0 Å². The first-order chi connectivity index (χ1) is 9.13. The van der Waals surface area contributed by atoms with Crippen LogP contribution in [0.15, 0.2) is 22.7 Å². The third-order valence-electron chi connectivity index (χ3n) is 3.00. The number of nitrogens with zero attached hydrogens (tertiary/aromatic N) is 2. The predicted molar refractivity (Wildman–Crippen MR) is 66.1 cm³/mol. The first-order valence-corrected chi connectivity index (χ1v) is 6.32. The summed E-state index contributed by atoms with van der Waals surface area (Å²) in [6, 6.07) is 3.93. The van der Waals surface area contributed by atoms with Gasteiger partial charge in [0.2, 0.25) is 11.7 Å². The Kier molecular flexibility index (Phi) is 3.06. The molecule has 0 aliphatic heterocycles. The summed E-state index contributed by atoms with van der Waals surface area (Å²) in [5, 5.41) is 3.97.